The highest BCUT2D eigenvalue weighted by atomic mass is 16.6. The van der Waals surface area contributed by atoms with Gasteiger partial charge in [-0.1, -0.05) is 69.1 Å². The molecule has 0 bridgehead atoms. The van der Waals surface area contributed by atoms with Crippen molar-refractivity contribution < 1.29 is 19.7 Å². The van der Waals surface area contributed by atoms with Gasteiger partial charge in [-0.2, -0.15) is 0 Å². The molecular weight excluding hydrogens is 328 g/mol. The minimum atomic E-state index is -0.995. The van der Waals surface area contributed by atoms with E-state index in [1.807, 2.05) is 6.08 Å². The molecule has 1 saturated heterocycles. The Morgan fingerprint density at radius 3 is 2.35 bits per heavy atom. The van der Waals surface area contributed by atoms with Crippen molar-refractivity contribution in [2.75, 3.05) is 0 Å². The van der Waals surface area contributed by atoms with Crippen LogP contribution in [0.4, 0.5) is 0 Å². The number of aliphatic hydroxyl groups excluding tert-OH is 1. The van der Waals surface area contributed by atoms with Crippen LogP contribution in [0, 0.1) is 0 Å². The van der Waals surface area contributed by atoms with Gasteiger partial charge in [0.2, 0.25) is 0 Å². The predicted octanol–water partition coefficient (Wildman–Crippen LogP) is 5.65. The molecule has 2 N–H and O–H groups in total. The topological polar surface area (TPSA) is 70.1 Å². The quantitative estimate of drug-likeness (QED) is 0.138. The number of carboxylic acid groups (broad SMARTS) is 1. The normalized spacial score (nSPS) is 20.9. The zero-order valence-corrected chi connectivity index (χ0v) is 15.7. The van der Waals surface area contributed by atoms with Crippen molar-refractivity contribution in [2.24, 2.45) is 0 Å². The molecule has 0 radical (unpaired) electrons. The first-order valence-corrected chi connectivity index (χ1v) is 9.59. The maximum Gasteiger partial charge on any atom is 0.328 e. The second-order valence-corrected chi connectivity index (χ2v) is 6.43. The van der Waals surface area contributed by atoms with Gasteiger partial charge in [-0.05, 0) is 37.8 Å². The van der Waals surface area contributed by atoms with Gasteiger partial charge >= 0.3 is 5.97 Å². The van der Waals surface area contributed by atoms with Crippen molar-refractivity contribution in [3.8, 4) is 0 Å². The fraction of sp³-hybridized carbons (Fsp3) is 0.500. The highest BCUT2D eigenvalue weighted by Crippen LogP contribution is 2.29. The molecule has 1 heterocycles. The molecule has 2 atom stereocenters. The van der Waals surface area contributed by atoms with Crippen LogP contribution in [0.5, 0.6) is 0 Å². The van der Waals surface area contributed by atoms with Crippen LogP contribution in [-0.4, -0.2) is 28.4 Å². The summed E-state index contributed by atoms with van der Waals surface area (Å²) in [6, 6.07) is 0. The molecule has 26 heavy (non-hydrogen) atoms. The maximum absolute atomic E-state index is 10.3. The smallest absolute Gasteiger partial charge is 0.328 e. The Balaban J connectivity index is 1.97. The molecule has 0 aliphatic carbocycles. The van der Waals surface area contributed by atoms with E-state index < -0.39 is 5.97 Å². The number of ether oxygens (including phenoxy) is 1. The standard InChI is InChI=1S/C22H32O4/c1-2-20-21(26-20)17-13-9-7-5-3-4-6-8-11-15-19(23)16-12-10-14-18-22(24)25/h6,8,10-12,14-16,18,20-21,23H,2-5,7,9,13,17H2,1H3,(H,24,25). The number of hydrogen-bond acceptors (Lipinski definition) is 3. The summed E-state index contributed by atoms with van der Waals surface area (Å²) in [6.45, 7) is 2.19. The monoisotopic (exact) mass is 360 g/mol. The molecule has 0 amide bonds. The predicted molar refractivity (Wildman–Crippen MR) is 106 cm³/mol. The molecule has 0 aromatic rings. The number of carboxylic acids is 1. The molecule has 1 aliphatic heterocycles. The summed E-state index contributed by atoms with van der Waals surface area (Å²) in [7, 11) is 0. The maximum atomic E-state index is 10.3. The van der Waals surface area contributed by atoms with Crippen molar-refractivity contribution in [1.82, 2.24) is 0 Å². The number of aliphatic carboxylic acids is 1. The Morgan fingerprint density at radius 2 is 1.62 bits per heavy atom. The number of unbranched alkanes of at least 4 members (excludes halogenated alkanes) is 5. The number of epoxide rings is 1. The van der Waals surface area contributed by atoms with Crippen LogP contribution in [0.1, 0.15) is 58.3 Å². The molecule has 2 unspecified atom stereocenters. The van der Waals surface area contributed by atoms with Gasteiger partial charge in [-0.25, -0.2) is 4.79 Å². The second-order valence-electron chi connectivity index (χ2n) is 6.43. The first-order valence-electron chi connectivity index (χ1n) is 9.59. The van der Waals surface area contributed by atoms with Crippen LogP contribution >= 0.6 is 0 Å². The fourth-order valence-corrected chi connectivity index (χ4v) is 2.67. The largest absolute Gasteiger partial charge is 0.508 e. The molecule has 0 aromatic heterocycles. The van der Waals surface area contributed by atoms with Crippen molar-refractivity contribution in [2.45, 2.75) is 70.5 Å². The highest BCUT2D eigenvalue weighted by molar-refractivity contribution is 5.80. The molecule has 1 rings (SSSR count). The summed E-state index contributed by atoms with van der Waals surface area (Å²) >= 11 is 0. The summed E-state index contributed by atoms with van der Waals surface area (Å²) in [4.78, 5) is 10.3. The number of rotatable bonds is 14. The number of allylic oxidation sites excluding steroid dienone is 8. The SMILES string of the molecule is CCC1OC1CCCCCCCC=CC=CC(O)=CC=CC=CC(=O)O. The first-order chi connectivity index (χ1) is 12.6. The third kappa shape index (κ3) is 12.3. The zero-order valence-electron chi connectivity index (χ0n) is 15.7. The van der Waals surface area contributed by atoms with E-state index in [1.54, 1.807) is 24.3 Å². The van der Waals surface area contributed by atoms with Crippen LogP contribution in [0.15, 0.2) is 60.4 Å². The summed E-state index contributed by atoms with van der Waals surface area (Å²) in [5.74, 6) is -0.870. The lowest BCUT2D eigenvalue weighted by Crippen LogP contribution is -1.92. The van der Waals surface area contributed by atoms with Gasteiger partial charge in [-0.3, -0.25) is 0 Å². The van der Waals surface area contributed by atoms with Crippen LogP contribution in [-0.2, 0) is 9.53 Å². The molecule has 1 aliphatic rings. The van der Waals surface area contributed by atoms with Crippen LogP contribution < -0.4 is 0 Å². The van der Waals surface area contributed by atoms with Crippen LogP contribution in [0.2, 0.25) is 0 Å². The molecule has 0 saturated carbocycles. The van der Waals surface area contributed by atoms with Gasteiger partial charge in [0.05, 0.1) is 12.2 Å². The molecule has 1 fully saturated rings. The van der Waals surface area contributed by atoms with Crippen LogP contribution in [0.25, 0.3) is 0 Å². The average molecular weight is 360 g/mol. The number of carbonyl (C=O) groups is 1. The van der Waals surface area contributed by atoms with Crippen molar-refractivity contribution in [1.29, 1.82) is 0 Å². The summed E-state index contributed by atoms with van der Waals surface area (Å²) < 4.78 is 5.54. The lowest BCUT2D eigenvalue weighted by molar-refractivity contribution is -0.131. The van der Waals surface area contributed by atoms with E-state index in [4.69, 9.17) is 9.84 Å². The molecule has 0 spiro atoms. The third-order valence-corrected chi connectivity index (χ3v) is 4.19. The van der Waals surface area contributed by atoms with E-state index in [9.17, 15) is 9.90 Å². The minimum absolute atomic E-state index is 0.125. The van der Waals surface area contributed by atoms with E-state index in [-0.39, 0.29) is 5.76 Å². The van der Waals surface area contributed by atoms with Gasteiger partial charge in [0, 0.05) is 6.08 Å². The Morgan fingerprint density at radius 1 is 0.885 bits per heavy atom. The first kappa shape index (κ1) is 22.0. The second kappa shape index (κ2) is 14.1. The van der Waals surface area contributed by atoms with E-state index in [0.717, 1.165) is 18.9 Å². The summed E-state index contributed by atoms with van der Waals surface area (Å²) in [5.41, 5.74) is 0. The summed E-state index contributed by atoms with van der Waals surface area (Å²) in [5, 5.41) is 18.0. The molecule has 4 heteroatoms. The lowest BCUT2D eigenvalue weighted by Gasteiger charge is -1.98. The van der Waals surface area contributed by atoms with Crippen molar-refractivity contribution in [3.05, 3.63) is 60.4 Å². The van der Waals surface area contributed by atoms with Crippen molar-refractivity contribution in [3.63, 3.8) is 0 Å². The zero-order chi connectivity index (χ0) is 19.0. The molecular formula is C22H32O4. The van der Waals surface area contributed by atoms with Gasteiger partial charge < -0.3 is 14.9 Å². The van der Waals surface area contributed by atoms with Gasteiger partial charge in [0.15, 0.2) is 0 Å². The number of hydrogen-bond donors (Lipinski definition) is 2. The Bertz CT molecular complexity index is 540. The molecule has 0 aromatic carbocycles. The third-order valence-electron chi connectivity index (χ3n) is 4.19. The van der Waals surface area contributed by atoms with Crippen molar-refractivity contribution >= 4 is 5.97 Å². The number of aliphatic hydroxyl groups is 1. The average Bonchev–Trinajstić information content (AvgIpc) is 3.37. The van der Waals surface area contributed by atoms with Gasteiger partial charge in [-0.15, -0.1) is 0 Å². The highest BCUT2D eigenvalue weighted by Gasteiger charge is 2.35. The molecule has 144 valence electrons. The van der Waals surface area contributed by atoms with E-state index in [1.165, 1.54) is 50.7 Å². The van der Waals surface area contributed by atoms with Gasteiger partial charge in [0.25, 0.3) is 0 Å². The Labute approximate surface area is 157 Å². The Hall–Kier alpha value is -2.07. The molecule has 4 nitrogen and oxygen atoms in total. The van der Waals surface area contributed by atoms with Crippen LogP contribution in [0.3, 0.4) is 0 Å². The fourth-order valence-electron chi connectivity index (χ4n) is 2.67. The minimum Gasteiger partial charge on any atom is -0.508 e. The Kier molecular flexibility index (Phi) is 11.9. The van der Waals surface area contributed by atoms with E-state index in [0.29, 0.717) is 12.2 Å². The van der Waals surface area contributed by atoms with Gasteiger partial charge in [0.1, 0.15) is 5.76 Å². The lowest BCUT2D eigenvalue weighted by atomic mass is 10.1. The summed E-state index contributed by atoms with van der Waals surface area (Å²) in [6.07, 6.45) is 25.4. The van der Waals surface area contributed by atoms with E-state index in [2.05, 4.69) is 13.0 Å². The van der Waals surface area contributed by atoms with E-state index >= 15 is 0 Å².